The van der Waals surface area contributed by atoms with Gasteiger partial charge in [0.2, 0.25) is 5.95 Å². The van der Waals surface area contributed by atoms with E-state index in [2.05, 4.69) is 25.6 Å². The fourth-order valence-corrected chi connectivity index (χ4v) is 2.61. The van der Waals surface area contributed by atoms with Crippen LogP contribution in [0.1, 0.15) is 10.4 Å². The molecule has 4 rings (SSSR count). The average molecular weight is 377 g/mol. The third kappa shape index (κ3) is 3.61. The highest BCUT2D eigenvalue weighted by molar-refractivity contribution is 6.08. The minimum absolute atomic E-state index is 0.148. The first-order valence-electron chi connectivity index (χ1n) is 8.29. The first-order valence-corrected chi connectivity index (χ1v) is 8.29. The molecular weight excluding hydrogens is 364 g/mol. The summed E-state index contributed by atoms with van der Waals surface area (Å²) in [6.07, 6.45) is 4.33. The van der Waals surface area contributed by atoms with Gasteiger partial charge in [-0.2, -0.15) is 0 Å². The zero-order valence-electron chi connectivity index (χ0n) is 14.4. The molecule has 0 aliphatic carbocycles. The van der Waals surface area contributed by atoms with Gasteiger partial charge in [0, 0.05) is 35.7 Å². The molecule has 0 atom stereocenters. The number of anilines is 3. The fraction of sp³-hybridized carbons (Fsp3) is 0. The molecule has 0 spiro atoms. The maximum atomic E-state index is 13.3. The second-order valence-electron chi connectivity index (χ2n) is 5.88. The minimum atomic E-state index is -0.982. The van der Waals surface area contributed by atoms with Crippen molar-refractivity contribution in [2.75, 3.05) is 10.6 Å². The van der Waals surface area contributed by atoms with Crippen molar-refractivity contribution in [1.29, 1.82) is 0 Å². The van der Waals surface area contributed by atoms with Gasteiger partial charge in [0.15, 0.2) is 11.6 Å². The third-order valence-electron chi connectivity index (χ3n) is 3.97. The zero-order valence-corrected chi connectivity index (χ0v) is 14.4. The Kier molecular flexibility index (Phi) is 4.59. The summed E-state index contributed by atoms with van der Waals surface area (Å²) in [6.45, 7) is 0. The van der Waals surface area contributed by atoms with Crippen molar-refractivity contribution in [2.24, 2.45) is 0 Å². The molecule has 0 radical (unpaired) electrons. The quantitative estimate of drug-likeness (QED) is 0.554. The van der Waals surface area contributed by atoms with E-state index in [4.69, 9.17) is 0 Å². The SMILES string of the molecule is O=C(Nc1cccc2cccnc12)c1cnc(Nc2ccc(F)c(F)c2)nc1. The number of benzene rings is 2. The largest absolute Gasteiger partial charge is 0.324 e. The highest BCUT2D eigenvalue weighted by atomic mass is 19.2. The molecule has 1 amide bonds. The molecule has 0 saturated heterocycles. The molecule has 0 aliphatic rings. The van der Waals surface area contributed by atoms with Crippen LogP contribution in [0.5, 0.6) is 0 Å². The summed E-state index contributed by atoms with van der Waals surface area (Å²) in [5.74, 6) is -2.17. The maximum Gasteiger partial charge on any atom is 0.258 e. The van der Waals surface area contributed by atoms with Gasteiger partial charge in [-0.1, -0.05) is 18.2 Å². The minimum Gasteiger partial charge on any atom is -0.324 e. The topological polar surface area (TPSA) is 79.8 Å². The predicted octanol–water partition coefficient (Wildman–Crippen LogP) is 4.30. The molecule has 138 valence electrons. The summed E-state index contributed by atoms with van der Waals surface area (Å²) in [5, 5.41) is 6.44. The van der Waals surface area contributed by atoms with Gasteiger partial charge in [-0.15, -0.1) is 0 Å². The Morgan fingerprint density at radius 1 is 0.893 bits per heavy atom. The summed E-state index contributed by atoms with van der Waals surface area (Å²) in [7, 11) is 0. The van der Waals surface area contributed by atoms with Crippen molar-refractivity contribution in [3.8, 4) is 0 Å². The van der Waals surface area contributed by atoms with E-state index in [9.17, 15) is 13.6 Å². The highest BCUT2D eigenvalue weighted by Gasteiger charge is 2.11. The summed E-state index contributed by atoms with van der Waals surface area (Å²) in [6, 6.07) is 12.6. The lowest BCUT2D eigenvalue weighted by molar-refractivity contribution is 0.102. The van der Waals surface area contributed by atoms with Crippen LogP contribution in [-0.4, -0.2) is 20.9 Å². The Bertz CT molecular complexity index is 1160. The number of amides is 1. The number of hydrogen-bond acceptors (Lipinski definition) is 5. The highest BCUT2D eigenvalue weighted by Crippen LogP contribution is 2.21. The molecule has 2 heterocycles. The van der Waals surface area contributed by atoms with E-state index < -0.39 is 17.5 Å². The Morgan fingerprint density at radius 3 is 2.46 bits per heavy atom. The monoisotopic (exact) mass is 377 g/mol. The molecule has 2 aromatic carbocycles. The standard InChI is InChI=1S/C20H13F2N5O/c21-15-7-6-14(9-16(15)22)26-20-24-10-13(11-25-20)19(28)27-17-5-1-3-12-4-2-8-23-18(12)17/h1-11H,(H,27,28)(H,24,25,26). The normalized spacial score (nSPS) is 10.6. The van der Waals surface area contributed by atoms with Gasteiger partial charge in [0.05, 0.1) is 16.8 Å². The van der Waals surface area contributed by atoms with Crippen LogP contribution in [0, 0.1) is 11.6 Å². The van der Waals surface area contributed by atoms with Crippen LogP contribution in [-0.2, 0) is 0 Å². The molecule has 8 heteroatoms. The number of halogens is 2. The van der Waals surface area contributed by atoms with E-state index >= 15 is 0 Å². The molecule has 0 aliphatic heterocycles. The van der Waals surface area contributed by atoms with Gasteiger partial charge in [-0.05, 0) is 24.3 Å². The second kappa shape index (κ2) is 7.36. The lowest BCUT2D eigenvalue weighted by atomic mass is 10.2. The number of hydrogen-bond donors (Lipinski definition) is 2. The van der Waals surface area contributed by atoms with Gasteiger partial charge >= 0.3 is 0 Å². The van der Waals surface area contributed by atoms with Crippen molar-refractivity contribution in [3.05, 3.63) is 84.3 Å². The Morgan fingerprint density at radius 2 is 1.68 bits per heavy atom. The Labute approximate surface area is 158 Å². The second-order valence-corrected chi connectivity index (χ2v) is 5.88. The van der Waals surface area contributed by atoms with E-state index in [0.717, 1.165) is 17.5 Å². The maximum absolute atomic E-state index is 13.3. The van der Waals surface area contributed by atoms with Gasteiger partial charge in [-0.3, -0.25) is 9.78 Å². The molecule has 2 aromatic heterocycles. The van der Waals surface area contributed by atoms with Crippen LogP contribution in [0.3, 0.4) is 0 Å². The van der Waals surface area contributed by atoms with E-state index in [1.54, 1.807) is 12.3 Å². The predicted molar refractivity (Wildman–Crippen MR) is 101 cm³/mol. The van der Waals surface area contributed by atoms with Crippen LogP contribution in [0.2, 0.25) is 0 Å². The fourth-order valence-electron chi connectivity index (χ4n) is 2.61. The number of nitrogens with zero attached hydrogens (tertiary/aromatic N) is 3. The number of nitrogens with one attached hydrogen (secondary N) is 2. The van der Waals surface area contributed by atoms with Gasteiger partial charge in [0.1, 0.15) is 0 Å². The molecule has 28 heavy (non-hydrogen) atoms. The summed E-state index contributed by atoms with van der Waals surface area (Å²) < 4.78 is 26.2. The van der Waals surface area contributed by atoms with Crippen molar-refractivity contribution in [2.45, 2.75) is 0 Å². The molecule has 0 unspecified atom stereocenters. The number of para-hydroxylation sites is 1. The number of pyridine rings is 1. The molecule has 6 nitrogen and oxygen atoms in total. The zero-order chi connectivity index (χ0) is 19.5. The van der Waals surface area contributed by atoms with Gasteiger partial charge in [0.25, 0.3) is 5.91 Å². The molecule has 0 bridgehead atoms. The summed E-state index contributed by atoms with van der Waals surface area (Å²) in [4.78, 5) is 24.8. The summed E-state index contributed by atoms with van der Waals surface area (Å²) in [5.41, 5.74) is 1.78. The smallest absolute Gasteiger partial charge is 0.258 e. The van der Waals surface area contributed by atoms with E-state index in [-0.39, 0.29) is 17.2 Å². The third-order valence-corrected chi connectivity index (χ3v) is 3.97. The number of aromatic nitrogens is 3. The lowest BCUT2D eigenvalue weighted by Crippen LogP contribution is -2.13. The number of carbonyl (C=O) groups is 1. The van der Waals surface area contributed by atoms with Crippen molar-refractivity contribution < 1.29 is 13.6 Å². The van der Waals surface area contributed by atoms with E-state index in [1.807, 2.05) is 24.3 Å². The van der Waals surface area contributed by atoms with Crippen LogP contribution in [0.15, 0.2) is 67.1 Å². The number of rotatable bonds is 4. The molecule has 2 N–H and O–H groups in total. The van der Waals surface area contributed by atoms with E-state index in [1.165, 1.54) is 18.5 Å². The Hall–Kier alpha value is -3.94. The van der Waals surface area contributed by atoms with E-state index in [0.29, 0.717) is 11.2 Å². The number of carbonyl (C=O) groups excluding carboxylic acids is 1. The van der Waals surface area contributed by atoms with Gasteiger partial charge < -0.3 is 10.6 Å². The molecular formula is C20H13F2N5O. The lowest BCUT2D eigenvalue weighted by Gasteiger charge is -2.08. The van der Waals surface area contributed by atoms with Crippen molar-refractivity contribution in [1.82, 2.24) is 15.0 Å². The van der Waals surface area contributed by atoms with Gasteiger partial charge in [-0.25, -0.2) is 18.7 Å². The summed E-state index contributed by atoms with van der Waals surface area (Å²) >= 11 is 0. The van der Waals surface area contributed by atoms with Crippen LogP contribution < -0.4 is 10.6 Å². The molecule has 4 aromatic rings. The average Bonchev–Trinajstić information content (AvgIpc) is 2.71. The van der Waals surface area contributed by atoms with Crippen molar-refractivity contribution in [3.63, 3.8) is 0 Å². The molecule has 0 fully saturated rings. The van der Waals surface area contributed by atoms with Crippen LogP contribution in [0.25, 0.3) is 10.9 Å². The number of fused-ring (bicyclic) bond motifs is 1. The Balaban J connectivity index is 1.50. The van der Waals surface area contributed by atoms with Crippen LogP contribution in [0.4, 0.5) is 26.1 Å². The molecule has 0 saturated carbocycles. The van der Waals surface area contributed by atoms with Crippen LogP contribution >= 0.6 is 0 Å². The first-order chi connectivity index (χ1) is 13.6. The van der Waals surface area contributed by atoms with Crippen molar-refractivity contribution >= 4 is 34.1 Å². The first kappa shape index (κ1) is 17.5.